The van der Waals surface area contributed by atoms with Crippen molar-refractivity contribution in [3.05, 3.63) is 30.0 Å². The maximum Gasteiger partial charge on any atom is 0.338 e. The molecule has 2 rings (SSSR count). The molecule has 0 spiro atoms. The van der Waals surface area contributed by atoms with Gasteiger partial charge in [-0.1, -0.05) is 13.8 Å². The number of aromatic nitrogens is 1. The molecule has 1 aromatic heterocycles. The Morgan fingerprint density at radius 3 is 2.76 bits per heavy atom. The fourth-order valence-electron chi connectivity index (χ4n) is 1.99. The van der Waals surface area contributed by atoms with Crippen LogP contribution in [0.15, 0.2) is 24.4 Å². The highest BCUT2D eigenvalue weighted by Gasteiger charge is 2.14. The fraction of sp³-hybridized carbons (Fsp3) is 0.333. The quantitative estimate of drug-likeness (QED) is 0.757. The first-order valence-corrected chi connectivity index (χ1v) is 6.75. The number of urea groups is 1. The summed E-state index contributed by atoms with van der Waals surface area (Å²) in [6.45, 7) is 4.61. The van der Waals surface area contributed by atoms with E-state index >= 15 is 0 Å². The van der Waals surface area contributed by atoms with Gasteiger partial charge in [0.15, 0.2) is 0 Å². The van der Waals surface area contributed by atoms with Crippen molar-refractivity contribution < 1.29 is 14.3 Å². The average molecular weight is 289 g/mol. The molecule has 0 saturated carbocycles. The minimum atomic E-state index is -0.439. The van der Waals surface area contributed by atoms with Gasteiger partial charge in [0, 0.05) is 29.3 Å². The summed E-state index contributed by atoms with van der Waals surface area (Å²) in [5.41, 5.74) is 1.71. The van der Waals surface area contributed by atoms with E-state index in [4.69, 9.17) is 4.74 Å². The molecule has 0 bridgehead atoms. The highest BCUT2D eigenvalue weighted by Crippen LogP contribution is 2.23. The van der Waals surface area contributed by atoms with Crippen LogP contribution < -0.4 is 10.6 Å². The fourth-order valence-corrected chi connectivity index (χ4v) is 1.99. The molecule has 112 valence electrons. The molecule has 0 aliphatic carbocycles. The number of anilines is 1. The Hall–Kier alpha value is -2.50. The lowest BCUT2D eigenvalue weighted by Crippen LogP contribution is -2.31. The van der Waals surface area contributed by atoms with Crippen LogP contribution in [0, 0.1) is 5.92 Å². The van der Waals surface area contributed by atoms with E-state index in [2.05, 4.69) is 15.6 Å². The van der Waals surface area contributed by atoms with Crippen LogP contribution in [0.25, 0.3) is 10.9 Å². The minimum absolute atomic E-state index is 0.301. The number of fused-ring (bicyclic) bond motifs is 1. The summed E-state index contributed by atoms with van der Waals surface area (Å²) in [5.74, 6) is -0.0712. The van der Waals surface area contributed by atoms with Crippen LogP contribution in [0.5, 0.6) is 0 Å². The molecule has 1 heterocycles. The van der Waals surface area contributed by atoms with E-state index in [1.807, 2.05) is 13.8 Å². The van der Waals surface area contributed by atoms with Gasteiger partial charge < -0.3 is 20.4 Å². The van der Waals surface area contributed by atoms with Gasteiger partial charge >= 0.3 is 12.0 Å². The first-order chi connectivity index (χ1) is 10.0. The SMILES string of the molecule is COC(=O)c1cc(NC(=O)NCC(C)C)cc2[nH]ccc12. The minimum Gasteiger partial charge on any atom is -0.465 e. The van der Waals surface area contributed by atoms with Crippen LogP contribution >= 0.6 is 0 Å². The number of amides is 2. The van der Waals surface area contributed by atoms with E-state index in [-0.39, 0.29) is 6.03 Å². The zero-order valence-corrected chi connectivity index (χ0v) is 12.3. The Balaban J connectivity index is 2.24. The second-order valence-corrected chi connectivity index (χ2v) is 5.18. The monoisotopic (exact) mass is 289 g/mol. The molecule has 0 aliphatic heterocycles. The average Bonchev–Trinajstić information content (AvgIpc) is 2.91. The van der Waals surface area contributed by atoms with Gasteiger partial charge in [-0.25, -0.2) is 9.59 Å². The number of carbonyl (C=O) groups excluding carboxylic acids is 2. The molecule has 1 aromatic carbocycles. The maximum absolute atomic E-state index is 11.8. The Kier molecular flexibility index (Phi) is 4.47. The van der Waals surface area contributed by atoms with Gasteiger partial charge in [0.05, 0.1) is 12.7 Å². The van der Waals surface area contributed by atoms with Crippen molar-refractivity contribution in [2.75, 3.05) is 19.0 Å². The van der Waals surface area contributed by atoms with Crippen LogP contribution in [0.1, 0.15) is 24.2 Å². The van der Waals surface area contributed by atoms with Gasteiger partial charge in [-0.15, -0.1) is 0 Å². The lowest BCUT2D eigenvalue weighted by atomic mass is 10.1. The zero-order valence-electron chi connectivity index (χ0n) is 12.3. The second-order valence-electron chi connectivity index (χ2n) is 5.18. The third kappa shape index (κ3) is 3.53. The number of hydrogen-bond donors (Lipinski definition) is 3. The number of benzene rings is 1. The first kappa shape index (κ1) is 14.9. The molecule has 0 radical (unpaired) electrons. The van der Waals surface area contributed by atoms with Crippen LogP contribution in [-0.4, -0.2) is 30.6 Å². The largest absolute Gasteiger partial charge is 0.465 e. The van der Waals surface area contributed by atoms with E-state index < -0.39 is 5.97 Å². The number of carbonyl (C=O) groups is 2. The first-order valence-electron chi connectivity index (χ1n) is 6.75. The number of nitrogens with one attached hydrogen (secondary N) is 3. The van der Waals surface area contributed by atoms with Gasteiger partial charge in [-0.3, -0.25) is 0 Å². The summed E-state index contributed by atoms with van der Waals surface area (Å²) in [7, 11) is 1.33. The summed E-state index contributed by atoms with van der Waals surface area (Å²) in [6.07, 6.45) is 1.74. The molecule has 3 N–H and O–H groups in total. The van der Waals surface area contributed by atoms with E-state index in [1.165, 1.54) is 7.11 Å². The lowest BCUT2D eigenvalue weighted by Gasteiger charge is -2.11. The van der Waals surface area contributed by atoms with E-state index in [1.54, 1.807) is 24.4 Å². The predicted octanol–water partition coefficient (Wildman–Crippen LogP) is 2.73. The normalized spacial score (nSPS) is 10.7. The number of hydrogen-bond acceptors (Lipinski definition) is 3. The Bertz CT molecular complexity index is 661. The number of ether oxygens (including phenoxy) is 1. The van der Waals surface area contributed by atoms with Crippen molar-refractivity contribution >= 4 is 28.6 Å². The Morgan fingerprint density at radius 1 is 1.33 bits per heavy atom. The smallest absolute Gasteiger partial charge is 0.338 e. The molecule has 0 saturated heterocycles. The molecule has 21 heavy (non-hydrogen) atoms. The predicted molar refractivity (Wildman–Crippen MR) is 81.5 cm³/mol. The topological polar surface area (TPSA) is 83.2 Å². The maximum atomic E-state index is 11.8. The van der Waals surface area contributed by atoms with E-state index in [9.17, 15) is 9.59 Å². The number of rotatable bonds is 4. The highest BCUT2D eigenvalue weighted by atomic mass is 16.5. The van der Waals surface area contributed by atoms with Gasteiger partial charge in [-0.2, -0.15) is 0 Å². The summed E-state index contributed by atoms with van der Waals surface area (Å²) in [4.78, 5) is 26.6. The van der Waals surface area contributed by atoms with Gasteiger partial charge in [0.25, 0.3) is 0 Å². The van der Waals surface area contributed by atoms with E-state index in [0.717, 1.165) is 10.9 Å². The van der Waals surface area contributed by atoms with Gasteiger partial charge in [0.1, 0.15) is 0 Å². The summed E-state index contributed by atoms with van der Waals surface area (Å²) in [5, 5.41) is 6.24. The summed E-state index contributed by atoms with van der Waals surface area (Å²) < 4.78 is 4.77. The van der Waals surface area contributed by atoms with Crippen molar-refractivity contribution in [3.63, 3.8) is 0 Å². The Morgan fingerprint density at radius 2 is 2.10 bits per heavy atom. The standard InChI is InChI=1S/C15H19N3O3/c1-9(2)8-17-15(20)18-10-6-12(14(19)21-3)11-4-5-16-13(11)7-10/h4-7,9,16H,8H2,1-3H3,(H2,17,18,20). The molecule has 6 heteroatoms. The number of H-pyrrole nitrogens is 1. The Labute approximate surface area is 122 Å². The van der Waals surface area contributed by atoms with Crippen molar-refractivity contribution in [3.8, 4) is 0 Å². The third-order valence-electron chi connectivity index (χ3n) is 3.00. The van der Waals surface area contributed by atoms with Gasteiger partial charge in [0.2, 0.25) is 0 Å². The van der Waals surface area contributed by atoms with Crippen LogP contribution in [0.3, 0.4) is 0 Å². The molecular weight excluding hydrogens is 270 g/mol. The number of esters is 1. The number of methoxy groups -OCH3 is 1. The molecule has 2 aromatic rings. The third-order valence-corrected chi connectivity index (χ3v) is 3.00. The van der Waals surface area contributed by atoms with Crippen LogP contribution in [0.2, 0.25) is 0 Å². The van der Waals surface area contributed by atoms with Crippen molar-refractivity contribution in [1.29, 1.82) is 0 Å². The molecule has 0 atom stereocenters. The van der Waals surface area contributed by atoms with Crippen LogP contribution in [0.4, 0.5) is 10.5 Å². The molecule has 6 nitrogen and oxygen atoms in total. The van der Waals surface area contributed by atoms with Crippen molar-refractivity contribution in [2.45, 2.75) is 13.8 Å². The van der Waals surface area contributed by atoms with Crippen molar-refractivity contribution in [1.82, 2.24) is 10.3 Å². The summed E-state index contributed by atoms with van der Waals surface area (Å²) in [6, 6.07) is 4.88. The molecule has 0 aliphatic rings. The second kappa shape index (κ2) is 6.30. The lowest BCUT2D eigenvalue weighted by molar-refractivity contribution is 0.0603. The molecule has 0 unspecified atom stereocenters. The zero-order chi connectivity index (χ0) is 15.4. The van der Waals surface area contributed by atoms with Crippen LogP contribution in [-0.2, 0) is 4.74 Å². The molecule has 2 amide bonds. The highest BCUT2D eigenvalue weighted by molar-refractivity contribution is 6.06. The van der Waals surface area contributed by atoms with Crippen molar-refractivity contribution in [2.24, 2.45) is 5.92 Å². The molecule has 0 fully saturated rings. The number of aromatic amines is 1. The van der Waals surface area contributed by atoms with E-state index in [0.29, 0.717) is 23.7 Å². The van der Waals surface area contributed by atoms with Gasteiger partial charge in [-0.05, 0) is 24.1 Å². The summed E-state index contributed by atoms with van der Waals surface area (Å²) >= 11 is 0. The molecular formula is C15H19N3O3.